The molecule has 3 aromatic rings. The number of alkyl halides is 3. The predicted molar refractivity (Wildman–Crippen MR) is 160 cm³/mol. The first-order chi connectivity index (χ1) is 20.8. The topological polar surface area (TPSA) is 126 Å². The van der Waals surface area contributed by atoms with Gasteiger partial charge in [0.2, 0.25) is 0 Å². The lowest BCUT2D eigenvalue weighted by Gasteiger charge is -2.28. The van der Waals surface area contributed by atoms with Gasteiger partial charge in [-0.3, -0.25) is 4.79 Å². The number of nitrogens with one attached hydrogen (secondary N) is 3. The van der Waals surface area contributed by atoms with E-state index in [4.69, 9.17) is 27.9 Å². The minimum atomic E-state index is -4.98. The highest BCUT2D eigenvalue weighted by atomic mass is 35.5. The molecule has 1 fully saturated rings. The van der Waals surface area contributed by atoms with Crippen LogP contribution in [0.4, 0.5) is 29.3 Å². The van der Waals surface area contributed by atoms with E-state index in [2.05, 4.69) is 20.7 Å². The largest absolute Gasteiger partial charge is 0.573 e. The van der Waals surface area contributed by atoms with Gasteiger partial charge in [-0.25, -0.2) is 9.59 Å². The average Bonchev–Trinajstić information content (AvgIpc) is 2.97. The van der Waals surface area contributed by atoms with Crippen LogP contribution in [0.2, 0.25) is 10.0 Å². The number of methoxy groups -OCH3 is 1. The van der Waals surface area contributed by atoms with Gasteiger partial charge in [-0.15, -0.1) is 13.2 Å². The summed E-state index contributed by atoms with van der Waals surface area (Å²) < 4.78 is 46.9. The molecule has 1 aliphatic rings. The maximum absolute atomic E-state index is 13.4. The molecule has 4 N–H and O–H groups in total. The molecule has 3 amide bonds. The van der Waals surface area contributed by atoms with Crippen molar-refractivity contribution in [3.63, 3.8) is 0 Å². The summed E-state index contributed by atoms with van der Waals surface area (Å²) in [5.74, 6) is -2.18. The molecule has 0 heterocycles. The number of rotatable bonds is 9. The van der Waals surface area contributed by atoms with Crippen molar-refractivity contribution in [2.45, 2.75) is 44.5 Å². The quantitative estimate of drug-likeness (QED) is 0.186. The summed E-state index contributed by atoms with van der Waals surface area (Å²) in [6.07, 6.45) is -0.935. The zero-order valence-electron chi connectivity index (χ0n) is 23.3. The number of hydrogen-bond donors (Lipinski definition) is 4. The Balaban J connectivity index is 1.63. The molecule has 0 radical (unpaired) electrons. The Morgan fingerprint density at radius 1 is 0.886 bits per heavy atom. The van der Waals surface area contributed by atoms with Gasteiger partial charge in [-0.1, -0.05) is 60.7 Å². The normalized spacial score (nSPS) is 14.3. The number of carboxylic acids is 1. The molecule has 0 spiro atoms. The van der Waals surface area contributed by atoms with Crippen LogP contribution in [0, 0.1) is 5.92 Å². The predicted octanol–water partition coefficient (Wildman–Crippen LogP) is 7.97. The second-order valence-corrected chi connectivity index (χ2v) is 10.9. The number of carbonyl (C=O) groups excluding carboxylic acids is 2. The highest BCUT2D eigenvalue weighted by Gasteiger charge is 2.33. The van der Waals surface area contributed by atoms with E-state index >= 15 is 0 Å². The lowest BCUT2D eigenvalue weighted by Crippen LogP contribution is -2.46. The zero-order chi connectivity index (χ0) is 32.0. The maximum atomic E-state index is 13.4. The minimum absolute atomic E-state index is 0.0189. The number of anilines is 2. The average molecular weight is 654 g/mol. The summed E-state index contributed by atoms with van der Waals surface area (Å²) in [5, 5.41) is 16.7. The molecule has 1 atom stereocenters. The fraction of sp³-hybridized carbons (Fsp3) is 0.300. The van der Waals surface area contributed by atoms with Gasteiger partial charge in [0.05, 0.1) is 34.1 Å². The van der Waals surface area contributed by atoms with Crippen LogP contribution in [0.15, 0.2) is 54.6 Å². The molecule has 0 saturated heterocycles. The molecule has 234 valence electrons. The van der Waals surface area contributed by atoms with E-state index in [0.717, 1.165) is 37.0 Å². The SMILES string of the molecule is COc1ccc(-c2ccc(C(=O)NC(C(=O)O)C3CCCCC3)c(NC(=O)Nc3c(Cl)cc(OC(F)(F)F)cc3Cl)c2)cc1. The molecule has 1 saturated carbocycles. The van der Waals surface area contributed by atoms with Crippen LogP contribution >= 0.6 is 23.2 Å². The standard InChI is InChI=1S/C30H28Cl2F3N3O6/c1-43-19-10-7-16(8-11-19)18-9-12-21(27(39)37-25(28(40)41)17-5-3-2-4-6-17)24(13-18)36-29(42)38-26-22(31)14-20(15-23(26)32)44-30(33,34)35/h7-15,17,25H,2-6H2,1H3,(H,37,39)(H,40,41)(H2,36,38,42). The van der Waals surface area contributed by atoms with E-state index in [1.807, 2.05) is 0 Å². The summed E-state index contributed by atoms with van der Waals surface area (Å²) in [4.78, 5) is 38.6. The number of aliphatic carboxylic acids is 1. The molecule has 0 aromatic heterocycles. The number of hydrogen-bond acceptors (Lipinski definition) is 5. The summed E-state index contributed by atoms with van der Waals surface area (Å²) in [6, 6.07) is 11.2. The van der Waals surface area contributed by atoms with E-state index in [9.17, 15) is 32.7 Å². The fourth-order valence-corrected chi connectivity index (χ4v) is 5.57. The highest BCUT2D eigenvalue weighted by molar-refractivity contribution is 6.40. The van der Waals surface area contributed by atoms with Gasteiger partial charge in [0.1, 0.15) is 17.5 Å². The maximum Gasteiger partial charge on any atom is 0.573 e. The van der Waals surface area contributed by atoms with Crippen LogP contribution in [0.5, 0.6) is 11.5 Å². The Morgan fingerprint density at radius 3 is 2.07 bits per heavy atom. The second kappa shape index (κ2) is 14.1. The molecule has 0 aliphatic heterocycles. The van der Waals surface area contributed by atoms with Crippen molar-refractivity contribution in [2.75, 3.05) is 17.7 Å². The van der Waals surface area contributed by atoms with Crippen LogP contribution in [0.1, 0.15) is 42.5 Å². The van der Waals surface area contributed by atoms with Crippen molar-refractivity contribution in [1.29, 1.82) is 0 Å². The van der Waals surface area contributed by atoms with Crippen molar-refractivity contribution in [1.82, 2.24) is 5.32 Å². The first kappa shape index (κ1) is 32.7. The van der Waals surface area contributed by atoms with Gasteiger partial charge in [-0.2, -0.15) is 0 Å². The van der Waals surface area contributed by atoms with Crippen LogP contribution in [0.3, 0.4) is 0 Å². The molecule has 1 unspecified atom stereocenters. The van der Waals surface area contributed by atoms with Crippen molar-refractivity contribution in [2.24, 2.45) is 5.92 Å². The third-order valence-corrected chi connectivity index (χ3v) is 7.69. The molecule has 0 bridgehead atoms. The number of benzene rings is 3. The van der Waals surface area contributed by atoms with Crippen LogP contribution in [-0.2, 0) is 4.79 Å². The van der Waals surface area contributed by atoms with E-state index in [1.54, 1.807) is 30.3 Å². The van der Waals surface area contributed by atoms with Crippen molar-refractivity contribution < 1.29 is 42.1 Å². The minimum Gasteiger partial charge on any atom is -0.497 e. The summed E-state index contributed by atoms with van der Waals surface area (Å²) in [7, 11) is 1.52. The van der Waals surface area contributed by atoms with E-state index in [0.29, 0.717) is 24.2 Å². The van der Waals surface area contributed by atoms with Gasteiger partial charge in [-0.05, 0) is 54.2 Å². The number of carbonyl (C=O) groups is 3. The van der Waals surface area contributed by atoms with E-state index in [-0.39, 0.29) is 32.9 Å². The molecule has 3 aromatic carbocycles. The third kappa shape index (κ3) is 8.48. The van der Waals surface area contributed by atoms with Gasteiger partial charge < -0.3 is 30.5 Å². The Kier molecular flexibility index (Phi) is 10.5. The summed E-state index contributed by atoms with van der Waals surface area (Å²) in [6.45, 7) is 0. The smallest absolute Gasteiger partial charge is 0.497 e. The molecular formula is C30H28Cl2F3N3O6. The van der Waals surface area contributed by atoms with Crippen molar-refractivity contribution >= 4 is 52.5 Å². The van der Waals surface area contributed by atoms with E-state index < -0.39 is 36.1 Å². The monoisotopic (exact) mass is 653 g/mol. The lowest BCUT2D eigenvalue weighted by molar-refractivity contribution is -0.274. The zero-order valence-corrected chi connectivity index (χ0v) is 24.8. The first-order valence-electron chi connectivity index (χ1n) is 13.5. The molecular weight excluding hydrogens is 626 g/mol. The Labute approximate surface area is 260 Å². The number of urea groups is 1. The summed E-state index contributed by atoms with van der Waals surface area (Å²) in [5.41, 5.74) is 1.11. The van der Waals surface area contributed by atoms with Gasteiger partial charge >= 0.3 is 18.4 Å². The van der Waals surface area contributed by atoms with E-state index in [1.165, 1.54) is 19.2 Å². The Bertz CT molecular complexity index is 1510. The van der Waals surface area contributed by atoms with Crippen LogP contribution < -0.4 is 25.4 Å². The van der Waals surface area contributed by atoms with Gasteiger partial charge in [0.15, 0.2) is 0 Å². The second-order valence-electron chi connectivity index (χ2n) is 10.1. The molecule has 44 heavy (non-hydrogen) atoms. The van der Waals surface area contributed by atoms with Crippen molar-refractivity contribution in [3.8, 4) is 22.6 Å². The Morgan fingerprint density at radius 2 is 1.50 bits per heavy atom. The first-order valence-corrected chi connectivity index (χ1v) is 14.2. The van der Waals surface area contributed by atoms with Gasteiger partial charge in [0.25, 0.3) is 5.91 Å². The highest BCUT2D eigenvalue weighted by Crippen LogP contribution is 2.37. The van der Waals surface area contributed by atoms with Gasteiger partial charge in [0, 0.05) is 12.1 Å². The third-order valence-electron chi connectivity index (χ3n) is 7.10. The number of ether oxygens (including phenoxy) is 2. The Hall–Kier alpha value is -4.16. The lowest BCUT2D eigenvalue weighted by atomic mass is 9.83. The molecule has 14 heteroatoms. The van der Waals surface area contributed by atoms with Crippen LogP contribution in [-0.4, -0.2) is 42.5 Å². The fourth-order valence-electron chi connectivity index (χ4n) is 5.01. The number of amides is 3. The number of halogens is 5. The van der Waals surface area contributed by atoms with Crippen LogP contribution in [0.25, 0.3) is 11.1 Å². The summed E-state index contributed by atoms with van der Waals surface area (Å²) >= 11 is 12.2. The number of carboxylic acid groups (broad SMARTS) is 1. The van der Waals surface area contributed by atoms with Crippen molar-refractivity contribution in [3.05, 3.63) is 70.2 Å². The molecule has 1 aliphatic carbocycles. The molecule has 9 nitrogen and oxygen atoms in total. The molecule has 4 rings (SSSR count).